The molecule has 1 N–H and O–H groups in total. The summed E-state index contributed by atoms with van der Waals surface area (Å²) in [6.07, 6.45) is 4.53. The summed E-state index contributed by atoms with van der Waals surface area (Å²) in [6, 6.07) is 15.0. The van der Waals surface area contributed by atoms with E-state index in [1.165, 1.54) is 29.7 Å². The van der Waals surface area contributed by atoms with Crippen LogP contribution in [0.2, 0.25) is 10.0 Å². The van der Waals surface area contributed by atoms with E-state index in [1.54, 1.807) is 11.3 Å². The summed E-state index contributed by atoms with van der Waals surface area (Å²) in [6.45, 7) is 10.9. The molecule has 3 aromatic rings. The number of unbranched alkanes of at least 4 members (excludes halogenated alkanes) is 1. The molecule has 0 unspecified atom stereocenters. The van der Waals surface area contributed by atoms with Crippen molar-refractivity contribution in [3.63, 3.8) is 0 Å². The number of hydrogen-bond donors (Lipinski definition) is 1. The molecule has 1 aliphatic heterocycles. The van der Waals surface area contributed by atoms with Gasteiger partial charge in [-0.3, -0.25) is 9.89 Å². The Morgan fingerprint density at radius 3 is 2.51 bits per heavy atom. The van der Waals surface area contributed by atoms with Crippen molar-refractivity contribution in [3.8, 4) is 17.0 Å². The summed E-state index contributed by atoms with van der Waals surface area (Å²) >= 11 is 13.9. The fraction of sp³-hybridized carbons (Fsp3) is 0.483. The van der Waals surface area contributed by atoms with Crippen LogP contribution in [0, 0.1) is 0 Å². The van der Waals surface area contributed by atoms with Gasteiger partial charge in [-0.15, -0.1) is 11.3 Å². The topological polar surface area (TPSA) is 41.8 Å². The number of rotatable bonds is 12. The van der Waals surface area contributed by atoms with Gasteiger partial charge in [-0.2, -0.15) is 0 Å². The third-order valence-electron chi connectivity index (χ3n) is 6.81. The van der Waals surface area contributed by atoms with Crippen LogP contribution in [0.15, 0.2) is 52.8 Å². The average Bonchev–Trinajstić information content (AvgIpc) is 3.32. The maximum atomic E-state index is 6.16. The Labute approximate surface area is 235 Å². The predicted octanol–water partition coefficient (Wildman–Crippen LogP) is 6.88. The van der Waals surface area contributed by atoms with Crippen molar-refractivity contribution in [1.29, 1.82) is 0 Å². The molecule has 1 fully saturated rings. The molecule has 2 heterocycles. The molecule has 0 spiro atoms. The number of aromatic nitrogens is 1. The van der Waals surface area contributed by atoms with Crippen molar-refractivity contribution < 1.29 is 4.74 Å². The molecule has 0 amide bonds. The second kappa shape index (κ2) is 14.4. The third-order valence-corrected chi connectivity index (χ3v) is 8.45. The second-order valence-corrected chi connectivity index (χ2v) is 11.1. The standard InChI is InChI=1S/C29H38Cl2N4OS/c1-3-32-29-35(4-2)28(21-37-29)23-8-10-25(11-9-23)36-18-6-5-15-33-24-13-16-34(17-14-24)20-22-7-12-26(30)27(31)19-22/h7-12,19,21,24,33H,3-6,13-18,20H2,1-2H3. The SMILES string of the molecule is CCN=c1scc(-c2ccc(OCCCCNC3CCN(Cc4ccc(Cl)c(Cl)c4)CC3)cc2)n1CC. The van der Waals surface area contributed by atoms with Crippen LogP contribution in [0.3, 0.4) is 0 Å². The third kappa shape index (κ3) is 8.08. The summed E-state index contributed by atoms with van der Waals surface area (Å²) in [5.74, 6) is 0.933. The normalized spacial score (nSPS) is 15.4. The summed E-state index contributed by atoms with van der Waals surface area (Å²) in [7, 11) is 0. The van der Waals surface area contributed by atoms with Gasteiger partial charge in [0, 0.05) is 31.1 Å². The minimum absolute atomic E-state index is 0.604. The van der Waals surface area contributed by atoms with Crippen LogP contribution in [0.5, 0.6) is 5.75 Å². The molecule has 8 heteroatoms. The molecule has 1 aromatic heterocycles. The lowest BCUT2D eigenvalue weighted by Gasteiger charge is -2.32. The molecule has 200 valence electrons. The first kappa shape index (κ1) is 28.2. The predicted molar refractivity (Wildman–Crippen MR) is 157 cm³/mol. The molecule has 37 heavy (non-hydrogen) atoms. The van der Waals surface area contributed by atoms with E-state index in [1.807, 2.05) is 12.1 Å². The molecule has 1 saturated heterocycles. The molecular formula is C29H38Cl2N4OS. The van der Waals surface area contributed by atoms with Gasteiger partial charge in [0.2, 0.25) is 0 Å². The summed E-state index contributed by atoms with van der Waals surface area (Å²) in [5, 5.41) is 7.19. The van der Waals surface area contributed by atoms with Gasteiger partial charge in [-0.05, 0) is 107 Å². The number of halogens is 2. The van der Waals surface area contributed by atoms with Crippen LogP contribution < -0.4 is 14.9 Å². The average molecular weight is 562 g/mol. The van der Waals surface area contributed by atoms with E-state index in [4.69, 9.17) is 27.9 Å². The van der Waals surface area contributed by atoms with Crippen molar-refractivity contribution in [3.05, 3.63) is 68.3 Å². The Kier molecular flexibility index (Phi) is 10.9. The van der Waals surface area contributed by atoms with E-state index in [0.717, 1.165) is 69.3 Å². The van der Waals surface area contributed by atoms with Gasteiger partial charge in [-0.25, -0.2) is 0 Å². The smallest absolute Gasteiger partial charge is 0.185 e. The first-order valence-corrected chi connectivity index (χ1v) is 15.0. The molecular weight excluding hydrogens is 523 g/mol. The lowest BCUT2D eigenvalue weighted by molar-refractivity contribution is 0.190. The van der Waals surface area contributed by atoms with Gasteiger partial charge in [0.05, 0.1) is 22.3 Å². The van der Waals surface area contributed by atoms with E-state index in [2.05, 4.69) is 69.3 Å². The van der Waals surface area contributed by atoms with Crippen molar-refractivity contribution in [2.45, 2.75) is 58.7 Å². The summed E-state index contributed by atoms with van der Waals surface area (Å²) < 4.78 is 8.28. The molecule has 0 bridgehead atoms. The van der Waals surface area contributed by atoms with Gasteiger partial charge in [0.25, 0.3) is 0 Å². The van der Waals surface area contributed by atoms with Crippen molar-refractivity contribution in [1.82, 2.24) is 14.8 Å². The quantitative estimate of drug-likeness (QED) is 0.245. The highest BCUT2D eigenvalue weighted by Gasteiger charge is 2.18. The lowest BCUT2D eigenvalue weighted by Crippen LogP contribution is -2.42. The Morgan fingerprint density at radius 2 is 1.81 bits per heavy atom. The van der Waals surface area contributed by atoms with Gasteiger partial charge in [-0.1, -0.05) is 29.3 Å². The second-order valence-electron chi connectivity index (χ2n) is 9.46. The molecule has 1 aliphatic rings. The zero-order chi connectivity index (χ0) is 26.0. The highest BCUT2D eigenvalue weighted by atomic mass is 35.5. The number of piperidine rings is 1. The number of nitrogens with zero attached hydrogens (tertiary/aromatic N) is 3. The Balaban J connectivity index is 1.11. The number of ether oxygens (including phenoxy) is 1. The number of hydrogen-bond acceptors (Lipinski definition) is 5. The highest BCUT2D eigenvalue weighted by molar-refractivity contribution is 7.07. The van der Waals surface area contributed by atoms with Gasteiger partial charge in [0.1, 0.15) is 5.75 Å². The largest absolute Gasteiger partial charge is 0.494 e. The van der Waals surface area contributed by atoms with Crippen LogP contribution in [-0.4, -0.2) is 48.3 Å². The molecule has 2 aromatic carbocycles. The molecule has 0 atom stereocenters. The Hall–Kier alpha value is -1.83. The van der Waals surface area contributed by atoms with E-state index >= 15 is 0 Å². The monoisotopic (exact) mass is 560 g/mol. The number of nitrogens with one attached hydrogen (secondary N) is 1. The van der Waals surface area contributed by atoms with Crippen LogP contribution in [-0.2, 0) is 13.1 Å². The van der Waals surface area contributed by atoms with Crippen LogP contribution >= 0.6 is 34.5 Å². The first-order valence-electron chi connectivity index (χ1n) is 13.4. The molecule has 0 saturated carbocycles. The zero-order valence-corrected chi connectivity index (χ0v) is 24.2. The molecule has 5 nitrogen and oxygen atoms in total. The summed E-state index contributed by atoms with van der Waals surface area (Å²) in [5.41, 5.74) is 3.65. The van der Waals surface area contributed by atoms with E-state index in [0.29, 0.717) is 16.1 Å². The fourth-order valence-corrected chi connectivity index (χ4v) is 6.12. The van der Waals surface area contributed by atoms with E-state index in [9.17, 15) is 0 Å². The summed E-state index contributed by atoms with van der Waals surface area (Å²) in [4.78, 5) is 8.18. The van der Waals surface area contributed by atoms with E-state index < -0.39 is 0 Å². The van der Waals surface area contributed by atoms with Crippen LogP contribution in [0.4, 0.5) is 0 Å². The van der Waals surface area contributed by atoms with Crippen molar-refractivity contribution in [2.75, 3.05) is 32.8 Å². The van der Waals surface area contributed by atoms with Crippen LogP contribution in [0.1, 0.15) is 45.1 Å². The highest BCUT2D eigenvalue weighted by Crippen LogP contribution is 2.25. The Bertz CT molecular complexity index is 1180. The number of benzene rings is 2. The maximum absolute atomic E-state index is 6.16. The molecule has 0 aliphatic carbocycles. The Morgan fingerprint density at radius 1 is 1.03 bits per heavy atom. The fourth-order valence-electron chi connectivity index (χ4n) is 4.76. The zero-order valence-electron chi connectivity index (χ0n) is 21.9. The van der Waals surface area contributed by atoms with Gasteiger partial charge in [0.15, 0.2) is 4.80 Å². The van der Waals surface area contributed by atoms with Crippen molar-refractivity contribution >= 4 is 34.5 Å². The maximum Gasteiger partial charge on any atom is 0.185 e. The minimum atomic E-state index is 0.604. The minimum Gasteiger partial charge on any atom is -0.494 e. The molecule has 0 radical (unpaired) electrons. The first-order chi connectivity index (χ1) is 18.1. The van der Waals surface area contributed by atoms with Crippen LogP contribution in [0.25, 0.3) is 11.3 Å². The lowest BCUT2D eigenvalue weighted by atomic mass is 10.0. The molecule has 4 rings (SSSR count). The van der Waals surface area contributed by atoms with Gasteiger partial charge >= 0.3 is 0 Å². The number of likely N-dealkylation sites (tertiary alicyclic amines) is 1. The van der Waals surface area contributed by atoms with Gasteiger partial charge < -0.3 is 14.6 Å². The van der Waals surface area contributed by atoms with E-state index in [-0.39, 0.29) is 0 Å². The van der Waals surface area contributed by atoms with Crippen molar-refractivity contribution in [2.24, 2.45) is 4.99 Å². The number of thiazole rings is 1.